The highest BCUT2D eigenvalue weighted by Gasteiger charge is 2.39. The number of carbonyl (C=O) groups is 2. The average molecular weight is 388 g/mol. The fraction of sp³-hybridized carbons (Fsp3) is 0.217. The summed E-state index contributed by atoms with van der Waals surface area (Å²) in [6.45, 7) is 3.20. The van der Waals surface area contributed by atoms with Crippen molar-refractivity contribution in [2.24, 2.45) is 0 Å². The largest absolute Gasteiger partial charge is 0.300 e. The smallest absolute Gasteiger partial charge is 0.291 e. The zero-order valence-corrected chi connectivity index (χ0v) is 16.4. The summed E-state index contributed by atoms with van der Waals surface area (Å²) < 4.78 is 0. The third-order valence-corrected chi connectivity index (χ3v) is 6.63. The van der Waals surface area contributed by atoms with E-state index in [-0.39, 0.29) is 6.04 Å². The molecule has 5 rings (SSSR count). The lowest BCUT2D eigenvalue weighted by molar-refractivity contribution is -0.114. The van der Waals surface area contributed by atoms with E-state index in [1.165, 1.54) is 16.0 Å². The van der Waals surface area contributed by atoms with Gasteiger partial charge in [-0.1, -0.05) is 42.0 Å². The lowest BCUT2D eigenvalue weighted by Crippen LogP contribution is -2.45. The topological polar surface area (TPSA) is 40.6 Å². The third kappa shape index (κ3) is 2.70. The van der Waals surface area contributed by atoms with Crippen LogP contribution in [0.5, 0.6) is 0 Å². The Kier molecular flexibility index (Phi) is 4.14. The fourth-order valence-electron chi connectivity index (χ4n) is 4.28. The maximum absolute atomic E-state index is 12.7. The summed E-state index contributed by atoms with van der Waals surface area (Å²) in [5.41, 5.74) is 4.76. The van der Waals surface area contributed by atoms with Crippen LogP contribution < -0.4 is 4.90 Å². The summed E-state index contributed by atoms with van der Waals surface area (Å²) in [6.07, 6.45) is 0.965. The first kappa shape index (κ1) is 17.3. The number of benzene rings is 2. The predicted octanol–water partition coefficient (Wildman–Crippen LogP) is 4.19. The van der Waals surface area contributed by atoms with Crippen LogP contribution in [0.25, 0.3) is 0 Å². The van der Waals surface area contributed by atoms with Gasteiger partial charge in [-0.05, 0) is 48.1 Å². The molecule has 2 aliphatic rings. The minimum absolute atomic E-state index is 0.0913. The molecule has 2 aliphatic heterocycles. The van der Waals surface area contributed by atoms with Crippen LogP contribution in [0.3, 0.4) is 0 Å². The Balaban J connectivity index is 1.53. The van der Waals surface area contributed by atoms with E-state index in [1.54, 1.807) is 16.2 Å². The van der Waals surface area contributed by atoms with Crippen molar-refractivity contribution in [1.29, 1.82) is 0 Å². The molecule has 1 aromatic heterocycles. The second-order valence-corrected chi connectivity index (χ2v) is 8.40. The maximum atomic E-state index is 12.7. The highest BCUT2D eigenvalue weighted by Crippen LogP contribution is 2.39. The standard InChI is InChI=1S/C23H20N2O2S/c1-15-7-8-19-18(13-15)22(26)23(27)25(19)14-24-11-9-20-17(10-12-28-20)21(24)16-5-3-2-4-6-16/h2-8,10,12-13,21H,9,11,14H2,1H3. The van der Waals surface area contributed by atoms with Gasteiger partial charge in [-0.2, -0.15) is 0 Å². The second kappa shape index (κ2) is 6.69. The summed E-state index contributed by atoms with van der Waals surface area (Å²) in [6, 6.07) is 18.4. The number of hydrogen-bond donors (Lipinski definition) is 0. The van der Waals surface area contributed by atoms with E-state index < -0.39 is 11.7 Å². The van der Waals surface area contributed by atoms with Crippen molar-refractivity contribution in [2.45, 2.75) is 19.4 Å². The minimum atomic E-state index is -0.427. The lowest BCUT2D eigenvalue weighted by Gasteiger charge is -2.38. The van der Waals surface area contributed by atoms with Crippen LogP contribution in [-0.2, 0) is 11.2 Å². The molecule has 0 fully saturated rings. The summed E-state index contributed by atoms with van der Waals surface area (Å²) in [5.74, 6) is -0.827. The number of fused-ring (bicyclic) bond motifs is 2. The zero-order valence-electron chi connectivity index (χ0n) is 15.6. The van der Waals surface area contributed by atoms with Crippen molar-refractivity contribution in [3.63, 3.8) is 0 Å². The summed E-state index contributed by atoms with van der Waals surface area (Å²) in [7, 11) is 0. The molecule has 1 amide bonds. The monoisotopic (exact) mass is 388 g/mol. The minimum Gasteiger partial charge on any atom is -0.291 e. The Hall–Kier alpha value is -2.76. The molecule has 0 radical (unpaired) electrons. The number of nitrogens with zero attached hydrogens (tertiary/aromatic N) is 2. The number of ketones is 1. The second-order valence-electron chi connectivity index (χ2n) is 7.40. The van der Waals surface area contributed by atoms with E-state index in [9.17, 15) is 9.59 Å². The first-order valence-electron chi connectivity index (χ1n) is 9.45. The van der Waals surface area contributed by atoms with Gasteiger partial charge in [0.1, 0.15) is 0 Å². The summed E-state index contributed by atoms with van der Waals surface area (Å²) in [5, 5.41) is 2.15. The lowest BCUT2D eigenvalue weighted by atomic mass is 9.93. The maximum Gasteiger partial charge on any atom is 0.300 e. The molecule has 5 heteroatoms. The van der Waals surface area contributed by atoms with Crippen molar-refractivity contribution in [2.75, 3.05) is 18.1 Å². The van der Waals surface area contributed by atoms with Crippen LogP contribution in [0.4, 0.5) is 5.69 Å². The number of aryl methyl sites for hydroxylation is 1. The Bertz CT molecular complexity index is 1070. The molecule has 0 aliphatic carbocycles. The fourth-order valence-corrected chi connectivity index (χ4v) is 5.19. The average Bonchev–Trinajstić information content (AvgIpc) is 3.28. The molecule has 0 saturated carbocycles. The van der Waals surface area contributed by atoms with Crippen LogP contribution in [-0.4, -0.2) is 29.8 Å². The van der Waals surface area contributed by atoms with Gasteiger partial charge in [-0.15, -0.1) is 11.3 Å². The van der Waals surface area contributed by atoms with Crippen LogP contribution in [0, 0.1) is 6.92 Å². The van der Waals surface area contributed by atoms with Gasteiger partial charge in [0, 0.05) is 11.4 Å². The molecule has 0 saturated heterocycles. The summed E-state index contributed by atoms with van der Waals surface area (Å²) in [4.78, 5) is 30.6. The van der Waals surface area contributed by atoms with E-state index in [2.05, 4.69) is 40.6 Å². The van der Waals surface area contributed by atoms with Crippen molar-refractivity contribution in [1.82, 2.24) is 4.90 Å². The Morgan fingerprint density at radius 1 is 1.07 bits per heavy atom. The van der Waals surface area contributed by atoms with Crippen LogP contribution in [0.2, 0.25) is 0 Å². The molecule has 0 bridgehead atoms. The van der Waals surface area contributed by atoms with Crippen molar-refractivity contribution in [3.8, 4) is 0 Å². The molecular weight excluding hydrogens is 368 g/mol. The van der Waals surface area contributed by atoms with Gasteiger partial charge in [-0.3, -0.25) is 19.4 Å². The number of hydrogen-bond acceptors (Lipinski definition) is 4. The molecule has 28 heavy (non-hydrogen) atoms. The Morgan fingerprint density at radius 2 is 1.89 bits per heavy atom. The van der Waals surface area contributed by atoms with E-state index in [0.29, 0.717) is 12.2 Å². The molecule has 3 aromatic rings. The third-order valence-electron chi connectivity index (χ3n) is 5.63. The number of Topliss-reactive ketones (excluding diaryl/α,β-unsaturated/α-hetero) is 1. The molecule has 0 spiro atoms. The highest BCUT2D eigenvalue weighted by atomic mass is 32.1. The first-order chi connectivity index (χ1) is 13.6. The van der Waals surface area contributed by atoms with Gasteiger partial charge in [-0.25, -0.2) is 0 Å². The normalized spacial score (nSPS) is 19.0. The molecule has 1 atom stereocenters. The Labute approximate surface area is 168 Å². The summed E-state index contributed by atoms with van der Waals surface area (Å²) >= 11 is 1.80. The molecule has 4 nitrogen and oxygen atoms in total. The predicted molar refractivity (Wildman–Crippen MR) is 111 cm³/mol. The van der Waals surface area contributed by atoms with Crippen molar-refractivity contribution >= 4 is 28.7 Å². The van der Waals surface area contributed by atoms with Gasteiger partial charge in [0.25, 0.3) is 5.78 Å². The molecule has 1 unspecified atom stereocenters. The van der Waals surface area contributed by atoms with Crippen LogP contribution >= 0.6 is 11.3 Å². The number of rotatable bonds is 3. The highest BCUT2D eigenvalue weighted by molar-refractivity contribution is 7.10. The molecule has 3 heterocycles. The van der Waals surface area contributed by atoms with Crippen molar-refractivity contribution in [3.05, 3.63) is 87.1 Å². The van der Waals surface area contributed by atoms with E-state index in [1.807, 2.05) is 31.2 Å². The van der Waals surface area contributed by atoms with Crippen molar-refractivity contribution < 1.29 is 9.59 Å². The number of thiophene rings is 1. The Morgan fingerprint density at radius 3 is 2.71 bits per heavy atom. The molecular formula is C23H20N2O2S. The van der Waals surface area contributed by atoms with Gasteiger partial charge in [0.15, 0.2) is 0 Å². The van der Waals surface area contributed by atoms with Gasteiger partial charge < -0.3 is 0 Å². The number of carbonyl (C=O) groups excluding carboxylic acids is 2. The van der Waals surface area contributed by atoms with Crippen LogP contribution in [0.1, 0.15) is 38.0 Å². The van der Waals surface area contributed by atoms with E-state index in [4.69, 9.17) is 0 Å². The molecule has 2 aromatic carbocycles. The molecule has 140 valence electrons. The van der Waals surface area contributed by atoms with Gasteiger partial charge in [0.2, 0.25) is 0 Å². The van der Waals surface area contributed by atoms with E-state index in [0.717, 1.165) is 24.2 Å². The van der Waals surface area contributed by atoms with Gasteiger partial charge >= 0.3 is 5.91 Å². The van der Waals surface area contributed by atoms with E-state index >= 15 is 0 Å². The number of amides is 1. The van der Waals surface area contributed by atoms with Gasteiger partial charge in [0.05, 0.1) is 24.0 Å². The SMILES string of the molecule is Cc1ccc2c(c1)C(=O)C(=O)N2CN1CCc2sccc2C1c1ccccc1. The number of anilines is 1. The zero-order chi connectivity index (χ0) is 19.3. The quantitative estimate of drug-likeness (QED) is 0.632. The van der Waals surface area contributed by atoms with Crippen LogP contribution in [0.15, 0.2) is 60.0 Å². The molecule has 0 N–H and O–H groups in total. The first-order valence-corrected chi connectivity index (χ1v) is 10.3.